The number of nitrogens with zero attached hydrogens (tertiary/aromatic N) is 1. The summed E-state index contributed by atoms with van der Waals surface area (Å²) in [6, 6.07) is 9.52. The van der Waals surface area contributed by atoms with Crippen LogP contribution < -0.4 is 0 Å². The highest BCUT2D eigenvalue weighted by Gasteiger charge is 2.34. The van der Waals surface area contributed by atoms with Crippen molar-refractivity contribution in [2.45, 2.75) is 69.7 Å². The monoisotopic (exact) mass is 391 g/mol. The minimum atomic E-state index is -3.50. The molecule has 1 aliphatic heterocycles. The van der Waals surface area contributed by atoms with E-state index in [9.17, 15) is 8.42 Å². The fourth-order valence-corrected chi connectivity index (χ4v) is 6.43. The lowest BCUT2D eigenvalue weighted by Gasteiger charge is -2.29. The predicted octanol–water partition coefficient (Wildman–Crippen LogP) is 5.66. The molecule has 3 rings (SSSR count). The van der Waals surface area contributed by atoms with Gasteiger partial charge in [-0.15, -0.1) is 11.3 Å². The standard InChI is InChI=1S/C21H29NO2S2/c1-16-13-15-25-20(16)19-8-6-5-7-14-22(19)26(23,24)18-11-9-17(10-12-18)21(2,3)4/h9-13,15,19H,5-8,14H2,1-4H3/t19-/m1/s1. The number of thiophene rings is 1. The topological polar surface area (TPSA) is 37.4 Å². The maximum Gasteiger partial charge on any atom is 0.243 e. The van der Waals surface area contributed by atoms with Crippen molar-refractivity contribution >= 4 is 21.4 Å². The number of benzene rings is 1. The Morgan fingerprint density at radius 1 is 1.04 bits per heavy atom. The Kier molecular flexibility index (Phi) is 5.61. The number of aryl methyl sites for hydroxylation is 1. The minimum Gasteiger partial charge on any atom is -0.207 e. The van der Waals surface area contributed by atoms with Gasteiger partial charge in [0.1, 0.15) is 0 Å². The van der Waals surface area contributed by atoms with Crippen LogP contribution in [0.25, 0.3) is 0 Å². The average Bonchev–Trinajstić information content (AvgIpc) is 2.86. The molecule has 0 radical (unpaired) electrons. The smallest absolute Gasteiger partial charge is 0.207 e. The Hall–Kier alpha value is -1.17. The highest BCUT2D eigenvalue weighted by Crippen LogP contribution is 2.38. The van der Waals surface area contributed by atoms with Crippen LogP contribution in [0.3, 0.4) is 0 Å². The fraction of sp³-hybridized carbons (Fsp3) is 0.524. The molecule has 1 aromatic heterocycles. The summed E-state index contributed by atoms with van der Waals surface area (Å²) in [5.74, 6) is 0. The molecule has 1 aromatic carbocycles. The molecule has 0 spiro atoms. The van der Waals surface area contributed by atoms with Crippen molar-refractivity contribution in [2.24, 2.45) is 0 Å². The molecule has 1 atom stereocenters. The van der Waals surface area contributed by atoms with Crippen molar-refractivity contribution in [3.05, 3.63) is 51.7 Å². The van der Waals surface area contributed by atoms with Crippen molar-refractivity contribution in [1.82, 2.24) is 4.31 Å². The first-order valence-electron chi connectivity index (χ1n) is 9.37. The number of rotatable bonds is 3. The Bertz CT molecular complexity index is 845. The lowest BCUT2D eigenvalue weighted by Crippen LogP contribution is -2.34. The summed E-state index contributed by atoms with van der Waals surface area (Å²) < 4.78 is 28.7. The van der Waals surface area contributed by atoms with Gasteiger partial charge in [-0.05, 0) is 59.9 Å². The average molecular weight is 392 g/mol. The Labute approximate surface area is 162 Å². The fourth-order valence-electron chi connectivity index (χ4n) is 3.62. The zero-order chi connectivity index (χ0) is 18.9. The lowest BCUT2D eigenvalue weighted by atomic mass is 9.87. The molecule has 0 bridgehead atoms. The second-order valence-corrected chi connectivity index (χ2v) is 11.1. The number of sulfonamides is 1. The van der Waals surface area contributed by atoms with Crippen LogP contribution in [0, 0.1) is 6.92 Å². The van der Waals surface area contributed by atoms with Crippen molar-refractivity contribution in [2.75, 3.05) is 6.54 Å². The first-order valence-corrected chi connectivity index (χ1v) is 11.7. The van der Waals surface area contributed by atoms with Gasteiger partial charge in [0.05, 0.1) is 10.9 Å². The molecule has 0 N–H and O–H groups in total. The molecular weight excluding hydrogens is 362 g/mol. The largest absolute Gasteiger partial charge is 0.243 e. The molecule has 0 aliphatic carbocycles. The maximum atomic E-state index is 13.4. The normalized spacial score (nSPS) is 20.1. The van der Waals surface area contributed by atoms with Crippen LogP contribution in [0.2, 0.25) is 0 Å². The van der Waals surface area contributed by atoms with Crippen LogP contribution in [-0.2, 0) is 15.4 Å². The Morgan fingerprint density at radius 3 is 2.31 bits per heavy atom. The van der Waals surface area contributed by atoms with Gasteiger partial charge in [0.15, 0.2) is 0 Å². The summed E-state index contributed by atoms with van der Waals surface area (Å²) in [7, 11) is -3.50. The van der Waals surface area contributed by atoms with Gasteiger partial charge in [0.25, 0.3) is 0 Å². The van der Waals surface area contributed by atoms with Crippen molar-refractivity contribution in [1.29, 1.82) is 0 Å². The van der Waals surface area contributed by atoms with E-state index in [1.807, 2.05) is 12.1 Å². The summed E-state index contributed by atoms with van der Waals surface area (Å²) in [4.78, 5) is 1.60. The summed E-state index contributed by atoms with van der Waals surface area (Å²) in [6.45, 7) is 9.10. The van der Waals surface area contributed by atoms with Gasteiger partial charge >= 0.3 is 0 Å². The molecule has 0 saturated carbocycles. The van der Waals surface area contributed by atoms with Gasteiger partial charge in [0.2, 0.25) is 10.0 Å². The third-order valence-electron chi connectivity index (χ3n) is 5.23. The van der Waals surface area contributed by atoms with E-state index in [1.54, 1.807) is 27.8 Å². The number of hydrogen-bond donors (Lipinski definition) is 0. The molecule has 1 saturated heterocycles. The Morgan fingerprint density at radius 2 is 1.73 bits per heavy atom. The molecule has 3 nitrogen and oxygen atoms in total. The SMILES string of the molecule is Cc1ccsc1[C@H]1CCCCCN1S(=O)(=O)c1ccc(C(C)(C)C)cc1. The second-order valence-electron chi connectivity index (χ2n) is 8.22. The van der Waals surface area contributed by atoms with E-state index in [4.69, 9.17) is 0 Å². The van der Waals surface area contributed by atoms with E-state index in [0.29, 0.717) is 11.4 Å². The van der Waals surface area contributed by atoms with Gasteiger partial charge in [0, 0.05) is 11.4 Å². The van der Waals surface area contributed by atoms with Crippen LogP contribution in [0.1, 0.15) is 68.5 Å². The summed E-state index contributed by atoms with van der Waals surface area (Å²) in [6.07, 6.45) is 4.01. The third kappa shape index (κ3) is 3.90. The zero-order valence-electron chi connectivity index (χ0n) is 16.2. The molecule has 1 aliphatic rings. The number of hydrogen-bond acceptors (Lipinski definition) is 3. The van der Waals surface area contributed by atoms with Gasteiger partial charge in [-0.1, -0.05) is 45.7 Å². The molecule has 5 heteroatoms. The van der Waals surface area contributed by atoms with E-state index in [-0.39, 0.29) is 11.5 Å². The molecular formula is C21H29NO2S2. The minimum absolute atomic E-state index is 0.0154. The van der Waals surface area contributed by atoms with E-state index in [1.165, 1.54) is 10.4 Å². The summed E-state index contributed by atoms with van der Waals surface area (Å²) in [5, 5.41) is 2.07. The van der Waals surface area contributed by atoms with Crippen molar-refractivity contribution in [3.63, 3.8) is 0 Å². The van der Waals surface area contributed by atoms with E-state index < -0.39 is 10.0 Å². The molecule has 142 valence electrons. The molecule has 1 fully saturated rings. The van der Waals surface area contributed by atoms with E-state index in [0.717, 1.165) is 31.2 Å². The van der Waals surface area contributed by atoms with Gasteiger partial charge in [-0.25, -0.2) is 8.42 Å². The quantitative estimate of drug-likeness (QED) is 0.677. The summed E-state index contributed by atoms with van der Waals surface area (Å²) in [5.41, 5.74) is 2.37. The first-order chi connectivity index (χ1) is 12.2. The van der Waals surface area contributed by atoms with Crippen LogP contribution in [0.5, 0.6) is 0 Å². The summed E-state index contributed by atoms with van der Waals surface area (Å²) >= 11 is 1.68. The Balaban J connectivity index is 1.98. The molecule has 2 aromatic rings. The van der Waals surface area contributed by atoms with Crippen LogP contribution in [0.15, 0.2) is 40.6 Å². The maximum absolute atomic E-state index is 13.4. The molecule has 0 unspecified atom stereocenters. The van der Waals surface area contributed by atoms with Gasteiger partial charge in [-0.2, -0.15) is 4.31 Å². The highest BCUT2D eigenvalue weighted by atomic mass is 32.2. The predicted molar refractivity (Wildman–Crippen MR) is 109 cm³/mol. The van der Waals surface area contributed by atoms with E-state index >= 15 is 0 Å². The molecule has 26 heavy (non-hydrogen) atoms. The molecule has 2 heterocycles. The van der Waals surface area contributed by atoms with E-state index in [2.05, 4.69) is 39.1 Å². The molecule has 0 amide bonds. The highest BCUT2D eigenvalue weighted by molar-refractivity contribution is 7.89. The van der Waals surface area contributed by atoms with Crippen molar-refractivity contribution in [3.8, 4) is 0 Å². The van der Waals surface area contributed by atoms with Gasteiger partial charge < -0.3 is 0 Å². The van der Waals surface area contributed by atoms with Gasteiger partial charge in [-0.3, -0.25) is 0 Å². The van der Waals surface area contributed by atoms with Crippen LogP contribution in [0.4, 0.5) is 0 Å². The lowest BCUT2D eigenvalue weighted by molar-refractivity contribution is 0.332. The first kappa shape index (κ1) is 19.6. The van der Waals surface area contributed by atoms with Crippen LogP contribution >= 0.6 is 11.3 Å². The third-order valence-corrected chi connectivity index (χ3v) is 8.28. The second kappa shape index (κ2) is 7.45. The van der Waals surface area contributed by atoms with Crippen LogP contribution in [-0.4, -0.2) is 19.3 Å². The zero-order valence-corrected chi connectivity index (χ0v) is 17.8. The van der Waals surface area contributed by atoms with Crippen molar-refractivity contribution < 1.29 is 8.42 Å².